The maximum Gasteiger partial charge on any atom is 0.332 e. The molecular formula is C22H22N4O4. The van der Waals surface area contributed by atoms with E-state index < -0.39 is 11.2 Å². The third-order valence-electron chi connectivity index (χ3n) is 4.87. The third kappa shape index (κ3) is 3.65. The zero-order valence-electron chi connectivity index (χ0n) is 16.6. The molecule has 0 aliphatic heterocycles. The van der Waals surface area contributed by atoms with Gasteiger partial charge in [-0.25, -0.2) is 4.79 Å². The van der Waals surface area contributed by atoms with Crippen LogP contribution in [0.3, 0.4) is 0 Å². The highest BCUT2D eigenvalue weighted by Gasteiger charge is 2.21. The van der Waals surface area contributed by atoms with E-state index in [9.17, 15) is 9.59 Å². The van der Waals surface area contributed by atoms with Gasteiger partial charge in [-0.05, 0) is 24.1 Å². The Morgan fingerprint density at radius 3 is 2.30 bits per heavy atom. The van der Waals surface area contributed by atoms with Crippen LogP contribution in [0, 0.1) is 0 Å². The van der Waals surface area contributed by atoms with E-state index in [1.807, 2.05) is 48.5 Å². The summed E-state index contributed by atoms with van der Waals surface area (Å²) in [4.78, 5) is 30.4. The maximum absolute atomic E-state index is 13.2. The Morgan fingerprint density at radius 2 is 1.63 bits per heavy atom. The molecule has 0 atom stereocenters. The minimum Gasteiger partial charge on any atom is -0.425 e. The van der Waals surface area contributed by atoms with Gasteiger partial charge in [-0.2, -0.15) is 4.98 Å². The van der Waals surface area contributed by atoms with Crippen LogP contribution >= 0.6 is 0 Å². The van der Waals surface area contributed by atoms with Gasteiger partial charge in [0, 0.05) is 20.2 Å². The van der Waals surface area contributed by atoms with Crippen LogP contribution in [-0.2, 0) is 20.1 Å². The average molecular weight is 406 g/mol. The average Bonchev–Trinajstić information content (AvgIpc) is 3.12. The Hall–Kier alpha value is -3.65. The molecule has 0 radical (unpaired) electrons. The lowest BCUT2D eigenvalue weighted by molar-refractivity contribution is 0.277. The fourth-order valence-corrected chi connectivity index (χ4v) is 3.36. The van der Waals surface area contributed by atoms with Crippen LogP contribution in [0.25, 0.3) is 11.2 Å². The van der Waals surface area contributed by atoms with E-state index in [0.29, 0.717) is 18.7 Å². The van der Waals surface area contributed by atoms with Gasteiger partial charge in [0.25, 0.3) is 5.56 Å². The molecule has 154 valence electrons. The van der Waals surface area contributed by atoms with Crippen molar-refractivity contribution in [3.8, 4) is 11.8 Å². The molecule has 0 amide bonds. The SMILES string of the molecule is Cn1c(=O)n(CCCO)c(=O)c2c1nc(Oc1ccccc1)n2Cc1ccccc1. The van der Waals surface area contributed by atoms with Crippen molar-refractivity contribution >= 4 is 11.2 Å². The fraction of sp³-hybridized carbons (Fsp3) is 0.227. The van der Waals surface area contributed by atoms with Gasteiger partial charge in [0.2, 0.25) is 0 Å². The van der Waals surface area contributed by atoms with Gasteiger partial charge in [-0.15, -0.1) is 0 Å². The van der Waals surface area contributed by atoms with Crippen LogP contribution in [0.4, 0.5) is 0 Å². The van der Waals surface area contributed by atoms with Crippen molar-refractivity contribution in [2.75, 3.05) is 6.61 Å². The third-order valence-corrected chi connectivity index (χ3v) is 4.87. The van der Waals surface area contributed by atoms with Crippen molar-refractivity contribution in [3.63, 3.8) is 0 Å². The van der Waals surface area contributed by atoms with Crippen molar-refractivity contribution in [2.24, 2.45) is 7.05 Å². The molecule has 2 aromatic heterocycles. The van der Waals surface area contributed by atoms with Gasteiger partial charge in [0.15, 0.2) is 11.2 Å². The van der Waals surface area contributed by atoms with E-state index in [1.54, 1.807) is 23.7 Å². The Kier molecular flexibility index (Phi) is 5.49. The molecule has 0 spiro atoms. The number of hydrogen-bond donors (Lipinski definition) is 1. The van der Waals surface area contributed by atoms with Crippen LogP contribution in [0.5, 0.6) is 11.8 Å². The quantitative estimate of drug-likeness (QED) is 0.508. The molecule has 2 heterocycles. The molecule has 0 aliphatic carbocycles. The van der Waals surface area contributed by atoms with Crippen molar-refractivity contribution < 1.29 is 9.84 Å². The highest BCUT2D eigenvalue weighted by Crippen LogP contribution is 2.25. The summed E-state index contributed by atoms with van der Waals surface area (Å²) >= 11 is 0. The number of para-hydroxylation sites is 1. The molecule has 30 heavy (non-hydrogen) atoms. The number of hydrogen-bond acceptors (Lipinski definition) is 5. The zero-order valence-corrected chi connectivity index (χ0v) is 16.6. The first-order valence-corrected chi connectivity index (χ1v) is 9.68. The maximum atomic E-state index is 13.2. The van der Waals surface area contributed by atoms with Gasteiger partial charge in [0.1, 0.15) is 5.75 Å². The van der Waals surface area contributed by atoms with E-state index in [1.165, 1.54) is 4.57 Å². The molecule has 2 aromatic carbocycles. The van der Waals surface area contributed by atoms with Crippen LogP contribution in [0.1, 0.15) is 12.0 Å². The summed E-state index contributed by atoms with van der Waals surface area (Å²) in [5.74, 6) is 0.577. The standard InChI is InChI=1S/C22H22N4O4/c1-24-19-18(20(28)25(22(24)29)13-8-14-27)26(15-16-9-4-2-5-10-16)21(23-19)30-17-11-6-3-7-12-17/h2-7,9-12,27H,8,13-15H2,1H3. The first-order chi connectivity index (χ1) is 14.6. The number of aromatic nitrogens is 4. The van der Waals surface area contributed by atoms with Crippen molar-refractivity contribution in [1.29, 1.82) is 0 Å². The Bertz CT molecular complexity index is 1270. The largest absolute Gasteiger partial charge is 0.425 e. The second-order valence-corrected chi connectivity index (χ2v) is 6.93. The first kappa shape index (κ1) is 19.7. The highest BCUT2D eigenvalue weighted by molar-refractivity contribution is 5.72. The number of aliphatic hydroxyl groups is 1. The fourth-order valence-electron chi connectivity index (χ4n) is 3.36. The lowest BCUT2D eigenvalue weighted by atomic mass is 10.2. The number of aliphatic hydroxyl groups excluding tert-OH is 1. The van der Waals surface area contributed by atoms with Crippen LogP contribution in [0.2, 0.25) is 0 Å². The van der Waals surface area contributed by atoms with Gasteiger partial charge >= 0.3 is 11.7 Å². The lowest BCUT2D eigenvalue weighted by Gasteiger charge is -2.11. The van der Waals surface area contributed by atoms with E-state index in [4.69, 9.17) is 9.84 Å². The van der Waals surface area contributed by atoms with Gasteiger partial charge in [0.05, 0.1) is 6.54 Å². The predicted octanol–water partition coefficient (Wildman–Crippen LogP) is 2.12. The number of benzene rings is 2. The number of aryl methyl sites for hydroxylation is 1. The summed E-state index contributed by atoms with van der Waals surface area (Å²) < 4.78 is 10.1. The molecule has 1 N–H and O–H groups in total. The van der Waals surface area contributed by atoms with Crippen molar-refractivity contribution in [2.45, 2.75) is 19.5 Å². The van der Waals surface area contributed by atoms with E-state index >= 15 is 0 Å². The number of nitrogens with zero attached hydrogens (tertiary/aromatic N) is 4. The highest BCUT2D eigenvalue weighted by atomic mass is 16.5. The Labute approximate surface area is 172 Å². The summed E-state index contributed by atoms with van der Waals surface area (Å²) in [5, 5.41) is 9.15. The Morgan fingerprint density at radius 1 is 0.967 bits per heavy atom. The minimum absolute atomic E-state index is 0.112. The van der Waals surface area contributed by atoms with E-state index in [-0.39, 0.29) is 30.3 Å². The van der Waals surface area contributed by atoms with E-state index in [2.05, 4.69) is 4.98 Å². The number of fused-ring (bicyclic) bond motifs is 1. The molecule has 4 aromatic rings. The minimum atomic E-state index is -0.475. The van der Waals surface area contributed by atoms with Gasteiger partial charge in [-0.3, -0.25) is 18.5 Å². The van der Waals surface area contributed by atoms with Crippen LogP contribution < -0.4 is 16.0 Å². The molecule has 0 bridgehead atoms. The number of rotatable bonds is 7. The van der Waals surface area contributed by atoms with Crippen molar-refractivity contribution in [3.05, 3.63) is 87.1 Å². The predicted molar refractivity (Wildman–Crippen MR) is 113 cm³/mol. The molecule has 4 rings (SSSR count). The molecule has 8 heteroatoms. The summed E-state index contributed by atoms with van der Waals surface area (Å²) in [6.07, 6.45) is 0.306. The summed E-state index contributed by atoms with van der Waals surface area (Å²) in [5.41, 5.74) is 0.575. The molecule has 0 saturated carbocycles. The second-order valence-electron chi connectivity index (χ2n) is 6.93. The Balaban J connectivity index is 1.94. The smallest absolute Gasteiger partial charge is 0.332 e. The summed E-state index contributed by atoms with van der Waals surface area (Å²) in [7, 11) is 1.58. The lowest BCUT2D eigenvalue weighted by Crippen LogP contribution is -2.39. The van der Waals surface area contributed by atoms with E-state index in [0.717, 1.165) is 10.1 Å². The van der Waals surface area contributed by atoms with Crippen molar-refractivity contribution in [1.82, 2.24) is 18.7 Å². The molecule has 0 aliphatic rings. The van der Waals surface area contributed by atoms with Crippen LogP contribution in [0.15, 0.2) is 70.3 Å². The van der Waals surface area contributed by atoms with Crippen LogP contribution in [-0.4, -0.2) is 30.4 Å². The molecule has 0 unspecified atom stereocenters. The normalized spacial score (nSPS) is 11.1. The number of imidazole rings is 1. The summed E-state index contributed by atoms with van der Waals surface area (Å²) in [6.45, 7) is 0.371. The molecular weight excluding hydrogens is 384 g/mol. The molecule has 0 fully saturated rings. The zero-order chi connectivity index (χ0) is 21.1. The van der Waals surface area contributed by atoms with Gasteiger partial charge in [-0.1, -0.05) is 48.5 Å². The topological polar surface area (TPSA) is 91.3 Å². The molecule has 8 nitrogen and oxygen atoms in total. The monoisotopic (exact) mass is 406 g/mol. The molecule has 0 saturated heterocycles. The second kappa shape index (κ2) is 8.38. The van der Waals surface area contributed by atoms with Gasteiger partial charge < -0.3 is 9.84 Å². The summed E-state index contributed by atoms with van der Waals surface area (Å²) in [6, 6.07) is 19.0. The number of ether oxygens (including phenoxy) is 1. The first-order valence-electron chi connectivity index (χ1n) is 9.68.